The first kappa shape index (κ1) is 12.5. The van der Waals surface area contributed by atoms with Crippen molar-refractivity contribution in [3.63, 3.8) is 0 Å². The van der Waals surface area contributed by atoms with Gasteiger partial charge in [0.15, 0.2) is 0 Å². The second-order valence-electron chi connectivity index (χ2n) is 4.35. The Morgan fingerprint density at radius 2 is 2.24 bits per heavy atom. The van der Waals surface area contributed by atoms with E-state index in [-0.39, 0.29) is 19.3 Å². The summed E-state index contributed by atoms with van der Waals surface area (Å²) in [7, 11) is -1.46. The first-order chi connectivity index (χ1) is 7.92. The van der Waals surface area contributed by atoms with Gasteiger partial charge in [-0.2, -0.15) is 5.10 Å². The van der Waals surface area contributed by atoms with Gasteiger partial charge in [-0.1, -0.05) is 0 Å². The van der Waals surface area contributed by atoms with Crippen LogP contribution in [0.15, 0.2) is 6.20 Å². The summed E-state index contributed by atoms with van der Waals surface area (Å²) < 4.78 is 33.1. The first-order valence-corrected chi connectivity index (χ1v) is 7.04. The Balaban J connectivity index is 2.11. The topological polar surface area (TPSA) is 73.2 Å². The highest BCUT2D eigenvalue weighted by atomic mass is 32.2. The summed E-state index contributed by atoms with van der Waals surface area (Å²) in [6.07, 6.45) is 1.69. The van der Waals surface area contributed by atoms with E-state index in [1.165, 1.54) is 0 Å². The standard InChI is InChI=1S/C10H17N3O3S/c1-7(10-4-11-13(3)8(10)2)12-17(14,15)9-5-16-6-9/h4,7,9,12H,5-6H2,1-3H3. The van der Waals surface area contributed by atoms with Crippen molar-refractivity contribution in [2.24, 2.45) is 7.05 Å². The van der Waals surface area contributed by atoms with Crippen molar-refractivity contribution in [1.82, 2.24) is 14.5 Å². The van der Waals surface area contributed by atoms with Gasteiger partial charge >= 0.3 is 0 Å². The van der Waals surface area contributed by atoms with Crippen molar-refractivity contribution in [1.29, 1.82) is 0 Å². The molecule has 1 aromatic rings. The lowest BCUT2D eigenvalue weighted by Crippen LogP contribution is -2.47. The molecule has 0 aliphatic carbocycles. The van der Waals surface area contributed by atoms with E-state index in [1.807, 2.05) is 20.9 Å². The molecule has 1 atom stereocenters. The molecule has 2 heterocycles. The molecule has 1 aliphatic rings. The third kappa shape index (κ3) is 2.36. The second-order valence-corrected chi connectivity index (χ2v) is 6.35. The summed E-state index contributed by atoms with van der Waals surface area (Å²) in [4.78, 5) is 0. The Hall–Kier alpha value is -0.920. The van der Waals surface area contributed by atoms with Gasteiger partial charge in [0.05, 0.1) is 19.4 Å². The van der Waals surface area contributed by atoms with Gasteiger partial charge in [0.1, 0.15) is 5.25 Å². The molecule has 6 nitrogen and oxygen atoms in total. The molecule has 0 saturated carbocycles. The predicted molar refractivity (Wildman–Crippen MR) is 63.0 cm³/mol. The number of hydrogen-bond donors (Lipinski definition) is 1. The number of aromatic nitrogens is 2. The molecule has 0 spiro atoms. The molecule has 0 radical (unpaired) electrons. The van der Waals surface area contributed by atoms with E-state index in [9.17, 15) is 8.42 Å². The zero-order chi connectivity index (χ0) is 12.6. The SMILES string of the molecule is Cc1c(C(C)NS(=O)(=O)C2COC2)cnn1C. The van der Waals surface area contributed by atoms with Crippen LogP contribution in [0, 0.1) is 6.92 Å². The summed E-state index contributed by atoms with van der Waals surface area (Å²) in [5.74, 6) is 0. The number of nitrogens with one attached hydrogen (secondary N) is 1. The van der Waals surface area contributed by atoms with Gasteiger partial charge in [0.25, 0.3) is 0 Å². The minimum absolute atomic E-state index is 0.269. The quantitative estimate of drug-likeness (QED) is 0.833. The van der Waals surface area contributed by atoms with Crippen molar-refractivity contribution in [2.45, 2.75) is 25.1 Å². The lowest BCUT2D eigenvalue weighted by Gasteiger charge is -2.27. The molecule has 1 saturated heterocycles. The molecule has 2 rings (SSSR count). The smallest absolute Gasteiger partial charge is 0.219 e. The van der Waals surface area contributed by atoms with Gasteiger partial charge in [-0.05, 0) is 13.8 Å². The molecular weight excluding hydrogens is 242 g/mol. The van der Waals surface area contributed by atoms with Crippen LogP contribution in [0.5, 0.6) is 0 Å². The lowest BCUT2D eigenvalue weighted by molar-refractivity contribution is 0.0410. The van der Waals surface area contributed by atoms with Crippen LogP contribution in [0.3, 0.4) is 0 Å². The summed E-state index contributed by atoms with van der Waals surface area (Å²) in [5.41, 5.74) is 1.86. The predicted octanol–water partition coefficient (Wildman–Crippen LogP) is 0.108. The van der Waals surface area contributed by atoms with Crippen LogP contribution < -0.4 is 4.72 Å². The van der Waals surface area contributed by atoms with Crippen LogP contribution in [0.2, 0.25) is 0 Å². The fourth-order valence-corrected chi connectivity index (χ4v) is 3.10. The van der Waals surface area contributed by atoms with E-state index in [1.54, 1.807) is 10.9 Å². The van der Waals surface area contributed by atoms with Gasteiger partial charge < -0.3 is 4.74 Å². The minimum Gasteiger partial charge on any atom is -0.378 e. The highest BCUT2D eigenvalue weighted by molar-refractivity contribution is 7.90. The summed E-state index contributed by atoms with van der Waals surface area (Å²) in [5, 5.41) is 3.69. The summed E-state index contributed by atoms with van der Waals surface area (Å²) in [6, 6.07) is -0.269. The third-order valence-corrected chi connectivity index (χ3v) is 4.96. The Labute approximate surface area is 101 Å². The molecule has 0 bridgehead atoms. The highest BCUT2D eigenvalue weighted by Gasteiger charge is 2.33. The van der Waals surface area contributed by atoms with E-state index in [0.717, 1.165) is 11.3 Å². The zero-order valence-corrected chi connectivity index (χ0v) is 11.0. The van der Waals surface area contributed by atoms with Crippen LogP contribution in [-0.2, 0) is 21.8 Å². The monoisotopic (exact) mass is 259 g/mol. The van der Waals surface area contributed by atoms with E-state index < -0.39 is 15.3 Å². The average molecular weight is 259 g/mol. The van der Waals surface area contributed by atoms with Crippen LogP contribution in [0.1, 0.15) is 24.2 Å². The van der Waals surface area contributed by atoms with Gasteiger partial charge in [0.2, 0.25) is 10.0 Å². The zero-order valence-electron chi connectivity index (χ0n) is 10.2. The molecule has 17 heavy (non-hydrogen) atoms. The Morgan fingerprint density at radius 1 is 1.59 bits per heavy atom. The van der Waals surface area contributed by atoms with Crippen LogP contribution in [0.25, 0.3) is 0 Å². The summed E-state index contributed by atoms with van der Waals surface area (Å²) >= 11 is 0. The molecule has 1 N–H and O–H groups in total. The molecule has 1 aliphatic heterocycles. The number of hydrogen-bond acceptors (Lipinski definition) is 4. The number of nitrogens with zero attached hydrogens (tertiary/aromatic N) is 2. The summed E-state index contributed by atoms with van der Waals surface area (Å²) in [6.45, 7) is 4.31. The van der Waals surface area contributed by atoms with Crippen molar-refractivity contribution < 1.29 is 13.2 Å². The molecule has 0 amide bonds. The lowest BCUT2D eigenvalue weighted by atomic mass is 10.1. The molecule has 1 unspecified atom stereocenters. The van der Waals surface area contributed by atoms with Crippen LogP contribution in [0.4, 0.5) is 0 Å². The van der Waals surface area contributed by atoms with Crippen LogP contribution in [-0.4, -0.2) is 36.7 Å². The molecular formula is C10H17N3O3S. The maximum absolute atomic E-state index is 11.9. The maximum atomic E-state index is 11.9. The molecule has 1 aromatic heterocycles. The first-order valence-electron chi connectivity index (χ1n) is 5.49. The minimum atomic E-state index is -3.29. The number of ether oxygens (including phenoxy) is 1. The van der Waals surface area contributed by atoms with Crippen molar-refractivity contribution >= 4 is 10.0 Å². The maximum Gasteiger partial charge on any atom is 0.219 e. The van der Waals surface area contributed by atoms with Crippen molar-refractivity contribution in [3.05, 3.63) is 17.5 Å². The van der Waals surface area contributed by atoms with Gasteiger partial charge in [-0.3, -0.25) is 4.68 Å². The van der Waals surface area contributed by atoms with Gasteiger partial charge in [0, 0.05) is 24.3 Å². The second kappa shape index (κ2) is 4.40. The number of sulfonamides is 1. The fourth-order valence-electron chi connectivity index (χ4n) is 1.74. The average Bonchev–Trinajstić information content (AvgIpc) is 2.42. The normalized spacial score (nSPS) is 19.0. The van der Waals surface area contributed by atoms with Crippen molar-refractivity contribution in [2.75, 3.05) is 13.2 Å². The fraction of sp³-hybridized carbons (Fsp3) is 0.700. The molecule has 7 heteroatoms. The number of aryl methyl sites for hydroxylation is 1. The van der Waals surface area contributed by atoms with E-state index in [4.69, 9.17) is 4.74 Å². The number of rotatable bonds is 4. The largest absolute Gasteiger partial charge is 0.378 e. The Bertz CT molecular complexity index is 505. The van der Waals surface area contributed by atoms with E-state index in [0.29, 0.717) is 0 Å². The molecule has 0 aromatic carbocycles. The van der Waals surface area contributed by atoms with Gasteiger partial charge in [-0.15, -0.1) is 0 Å². The highest BCUT2D eigenvalue weighted by Crippen LogP contribution is 2.19. The van der Waals surface area contributed by atoms with Crippen LogP contribution >= 0.6 is 0 Å². The Kier molecular flexibility index (Phi) is 3.24. The molecule has 1 fully saturated rings. The van der Waals surface area contributed by atoms with E-state index in [2.05, 4.69) is 9.82 Å². The van der Waals surface area contributed by atoms with Gasteiger partial charge in [-0.25, -0.2) is 13.1 Å². The Morgan fingerprint density at radius 3 is 2.65 bits per heavy atom. The third-order valence-electron chi connectivity index (χ3n) is 3.13. The van der Waals surface area contributed by atoms with Crippen molar-refractivity contribution in [3.8, 4) is 0 Å². The van der Waals surface area contributed by atoms with E-state index >= 15 is 0 Å². The molecule has 96 valence electrons.